The van der Waals surface area contributed by atoms with E-state index in [4.69, 9.17) is 23.7 Å². The number of aliphatic hydroxyl groups is 1. The highest BCUT2D eigenvalue weighted by atomic mass is 16.7. The fourth-order valence-corrected chi connectivity index (χ4v) is 4.03. The Bertz CT molecular complexity index is 918. The molecule has 4 rings (SSSR count). The molecule has 31 heavy (non-hydrogen) atoms. The van der Waals surface area contributed by atoms with Crippen molar-refractivity contribution in [1.29, 1.82) is 0 Å². The van der Waals surface area contributed by atoms with E-state index in [1.165, 1.54) is 0 Å². The van der Waals surface area contributed by atoms with Crippen LogP contribution in [0.2, 0.25) is 0 Å². The molecule has 8 heteroatoms. The molecule has 0 amide bonds. The van der Waals surface area contributed by atoms with Gasteiger partial charge in [-0.3, -0.25) is 0 Å². The van der Waals surface area contributed by atoms with Gasteiger partial charge in [-0.15, -0.1) is 0 Å². The summed E-state index contributed by atoms with van der Waals surface area (Å²) in [6.07, 6.45) is -1.96. The van der Waals surface area contributed by atoms with Crippen LogP contribution in [0, 0.1) is 0 Å². The van der Waals surface area contributed by atoms with Gasteiger partial charge in [0.05, 0.1) is 26.9 Å². The summed E-state index contributed by atoms with van der Waals surface area (Å²) in [5.74, 6) is -2.03. The van der Waals surface area contributed by atoms with E-state index < -0.39 is 42.0 Å². The monoisotopic (exact) mass is 428 g/mol. The Labute approximate surface area is 179 Å². The number of carbonyl (C=O) groups excluding carboxylic acids is 2. The lowest BCUT2D eigenvalue weighted by atomic mass is 9.82. The minimum Gasteiger partial charge on any atom is -0.466 e. The number of hydrogen-bond donors (Lipinski definition) is 1. The third kappa shape index (κ3) is 3.72. The van der Waals surface area contributed by atoms with Gasteiger partial charge in [-0.1, -0.05) is 60.7 Å². The van der Waals surface area contributed by atoms with Crippen LogP contribution < -0.4 is 0 Å². The first-order chi connectivity index (χ1) is 15.0. The summed E-state index contributed by atoms with van der Waals surface area (Å²) in [4.78, 5) is 25.1. The topological polar surface area (TPSA) is 101 Å². The predicted molar refractivity (Wildman–Crippen MR) is 107 cm³/mol. The number of fused-ring (bicyclic) bond motifs is 1. The molecular weight excluding hydrogens is 404 g/mol. The standard InChI is InChI=1S/C23H24O8/c1-27-20(24)23-21(25)30-15-22(23,26)19(29-13-17-10-6-3-7-11-17)18(31-23)14-28-12-16-8-4-2-5-9-16/h2-11,18-19,26H,12-15H2,1H3/t18-,19-,22+,23-/m1/s1. The third-order valence-electron chi connectivity index (χ3n) is 5.60. The molecule has 0 bridgehead atoms. The van der Waals surface area contributed by atoms with Crippen molar-refractivity contribution in [2.75, 3.05) is 20.3 Å². The van der Waals surface area contributed by atoms with Crippen LogP contribution in [0.25, 0.3) is 0 Å². The first kappa shape index (κ1) is 21.5. The number of benzene rings is 2. The lowest BCUT2D eigenvalue weighted by molar-refractivity contribution is -0.189. The number of esters is 2. The highest BCUT2D eigenvalue weighted by molar-refractivity contribution is 6.07. The number of ether oxygens (including phenoxy) is 5. The normalized spacial score (nSPS) is 29.4. The lowest BCUT2D eigenvalue weighted by Gasteiger charge is -2.30. The Morgan fingerprint density at radius 2 is 1.68 bits per heavy atom. The molecule has 2 heterocycles. The van der Waals surface area contributed by atoms with Crippen LogP contribution in [0.3, 0.4) is 0 Å². The second-order valence-corrected chi connectivity index (χ2v) is 7.55. The molecule has 1 N–H and O–H groups in total. The maximum absolute atomic E-state index is 12.6. The van der Waals surface area contributed by atoms with E-state index in [0.29, 0.717) is 6.61 Å². The predicted octanol–water partition coefficient (Wildman–Crippen LogP) is 1.39. The van der Waals surface area contributed by atoms with Crippen molar-refractivity contribution in [1.82, 2.24) is 0 Å². The molecule has 0 saturated carbocycles. The average molecular weight is 428 g/mol. The largest absolute Gasteiger partial charge is 0.466 e. The molecule has 0 spiro atoms. The van der Waals surface area contributed by atoms with Gasteiger partial charge < -0.3 is 28.8 Å². The Kier molecular flexibility index (Phi) is 6.06. The van der Waals surface area contributed by atoms with E-state index >= 15 is 0 Å². The fraction of sp³-hybridized carbons (Fsp3) is 0.391. The summed E-state index contributed by atoms with van der Waals surface area (Å²) in [5, 5.41) is 11.4. The van der Waals surface area contributed by atoms with Crippen molar-refractivity contribution in [2.24, 2.45) is 0 Å². The molecule has 4 atom stereocenters. The Morgan fingerprint density at radius 3 is 2.29 bits per heavy atom. The molecular formula is C23H24O8. The summed E-state index contributed by atoms with van der Waals surface area (Å²) in [6.45, 7) is -0.0315. The summed E-state index contributed by atoms with van der Waals surface area (Å²) in [7, 11) is 1.12. The first-order valence-electron chi connectivity index (χ1n) is 9.94. The molecule has 0 aromatic heterocycles. The van der Waals surface area contributed by atoms with Gasteiger partial charge in [-0.05, 0) is 11.1 Å². The number of carbonyl (C=O) groups is 2. The molecule has 2 aliphatic rings. The summed E-state index contributed by atoms with van der Waals surface area (Å²) >= 11 is 0. The zero-order valence-electron chi connectivity index (χ0n) is 17.1. The van der Waals surface area contributed by atoms with Crippen LogP contribution in [0.5, 0.6) is 0 Å². The Hall–Kier alpha value is -2.78. The van der Waals surface area contributed by atoms with Crippen LogP contribution >= 0.6 is 0 Å². The van der Waals surface area contributed by atoms with Crippen LogP contribution in [-0.4, -0.2) is 60.8 Å². The summed E-state index contributed by atoms with van der Waals surface area (Å²) in [6, 6.07) is 18.8. The Balaban J connectivity index is 1.56. The van der Waals surface area contributed by atoms with Gasteiger partial charge in [0.15, 0.2) is 5.60 Å². The maximum Gasteiger partial charge on any atom is 0.353 e. The maximum atomic E-state index is 12.6. The third-order valence-corrected chi connectivity index (χ3v) is 5.60. The molecule has 2 aromatic rings. The molecule has 0 radical (unpaired) electrons. The van der Waals surface area contributed by atoms with Crippen molar-refractivity contribution in [3.8, 4) is 0 Å². The second-order valence-electron chi connectivity index (χ2n) is 7.55. The van der Waals surface area contributed by atoms with E-state index in [-0.39, 0.29) is 13.2 Å². The van der Waals surface area contributed by atoms with Crippen molar-refractivity contribution < 1.29 is 38.4 Å². The average Bonchev–Trinajstić information content (AvgIpc) is 3.20. The SMILES string of the molecule is COC(=O)[C@]12O[C@H](COCc3ccccc3)[C@@H](OCc3ccccc3)[C@@]1(O)COC2=O. The van der Waals surface area contributed by atoms with Gasteiger partial charge in [0.1, 0.15) is 18.8 Å². The van der Waals surface area contributed by atoms with Gasteiger partial charge >= 0.3 is 11.9 Å². The van der Waals surface area contributed by atoms with E-state index in [1.807, 2.05) is 60.7 Å². The van der Waals surface area contributed by atoms with Crippen molar-refractivity contribution in [3.05, 3.63) is 71.8 Å². The van der Waals surface area contributed by atoms with Crippen LogP contribution in [0.1, 0.15) is 11.1 Å². The molecule has 0 unspecified atom stereocenters. The van der Waals surface area contributed by atoms with Crippen molar-refractivity contribution in [3.63, 3.8) is 0 Å². The second kappa shape index (κ2) is 8.76. The number of rotatable bonds is 8. The quantitative estimate of drug-likeness (QED) is 0.497. The number of cyclic esters (lactones) is 1. The molecule has 2 aliphatic heterocycles. The summed E-state index contributed by atoms with van der Waals surface area (Å²) in [5.41, 5.74) is -2.56. The number of hydrogen-bond acceptors (Lipinski definition) is 8. The van der Waals surface area contributed by atoms with Crippen LogP contribution in [-0.2, 0) is 46.5 Å². The zero-order valence-corrected chi connectivity index (χ0v) is 17.1. The van der Waals surface area contributed by atoms with Crippen LogP contribution in [0.4, 0.5) is 0 Å². The van der Waals surface area contributed by atoms with Gasteiger partial charge in [0.2, 0.25) is 0 Å². The molecule has 0 aliphatic carbocycles. The zero-order chi connectivity index (χ0) is 21.9. The minimum atomic E-state index is -2.32. The Morgan fingerprint density at radius 1 is 1.06 bits per heavy atom. The molecule has 2 saturated heterocycles. The first-order valence-corrected chi connectivity index (χ1v) is 9.94. The number of methoxy groups -OCH3 is 1. The summed E-state index contributed by atoms with van der Waals surface area (Å²) < 4.78 is 27.4. The van der Waals surface area contributed by atoms with Gasteiger partial charge in [-0.2, -0.15) is 0 Å². The minimum absolute atomic E-state index is 0.0112. The van der Waals surface area contributed by atoms with Crippen molar-refractivity contribution >= 4 is 11.9 Å². The fourth-order valence-electron chi connectivity index (χ4n) is 4.03. The van der Waals surface area contributed by atoms with E-state index in [1.54, 1.807) is 0 Å². The highest BCUT2D eigenvalue weighted by Gasteiger charge is 2.79. The molecule has 2 fully saturated rings. The van der Waals surface area contributed by atoms with Gasteiger partial charge in [-0.25, -0.2) is 9.59 Å². The van der Waals surface area contributed by atoms with E-state index in [2.05, 4.69) is 0 Å². The van der Waals surface area contributed by atoms with E-state index in [0.717, 1.165) is 18.2 Å². The molecule has 2 aromatic carbocycles. The highest BCUT2D eigenvalue weighted by Crippen LogP contribution is 2.48. The van der Waals surface area contributed by atoms with Crippen LogP contribution in [0.15, 0.2) is 60.7 Å². The molecule has 8 nitrogen and oxygen atoms in total. The van der Waals surface area contributed by atoms with Gasteiger partial charge in [0, 0.05) is 0 Å². The molecule has 164 valence electrons. The lowest BCUT2D eigenvalue weighted by Crippen LogP contribution is -2.62. The van der Waals surface area contributed by atoms with Gasteiger partial charge in [0.25, 0.3) is 5.60 Å². The van der Waals surface area contributed by atoms with E-state index in [9.17, 15) is 14.7 Å². The smallest absolute Gasteiger partial charge is 0.353 e. The van der Waals surface area contributed by atoms with Crippen molar-refractivity contribution in [2.45, 2.75) is 36.6 Å².